The van der Waals surface area contributed by atoms with E-state index in [0.717, 1.165) is 27.3 Å². The number of amides is 1. The summed E-state index contributed by atoms with van der Waals surface area (Å²) in [7, 11) is 0. The van der Waals surface area contributed by atoms with Crippen LogP contribution >= 0.6 is 11.3 Å². The number of nitrogens with zero attached hydrogens (tertiary/aromatic N) is 2. The van der Waals surface area contributed by atoms with E-state index in [4.69, 9.17) is 18.9 Å². The lowest BCUT2D eigenvalue weighted by Gasteiger charge is -2.19. The Morgan fingerprint density at radius 2 is 1.77 bits per heavy atom. The van der Waals surface area contributed by atoms with Crippen molar-refractivity contribution in [3.8, 4) is 11.5 Å². The first-order chi connectivity index (χ1) is 15.2. The zero-order valence-electron chi connectivity index (χ0n) is 17.5. The molecule has 4 rings (SSSR count). The van der Waals surface area contributed by atoms with Gasteiger partial charge >= 0.3 is 0 Å². The van der Waals surface area contributed by atoms with Crippen molar-refractivity contribution in [2.75, 3.05) is 18.1 Å². The Labute approximate surface area is 185 Å². The minimum atomic E-state index is -0.0513. The maximum absolute atomic E-state index is 13.3. The molecule has 7 heteroatoms. The Bertz CT molecular complexity index is 1140. The molecule has 6 nitrogen and oxygen atoms in total. The van der Waals surface area contributed by atoms with Crippen LogP contribution in [0, 0.1) is 0 Å². The standard InChI is InChI=1S/C24H24N2O4S/c1-3-28-18-9-7-17(8-10-18)14-23(27)26(16-20-6-5-13-30-20)24-25-21-12-11-19(29-4-2)15-22(21)31-24/h5-13,15H,3-4,14,16H2,1-2H3. The van der Waals surface area contributed by atoms with Crippen molar-refractivity contribution in [3.05, 3.63) is 72.2 Å². The van der Waals surface area contributed by atoms with E-state index in [0.29, 0.717) is 30.7 Å². The fraction of sp³-hybridized carbons (Fsp3) is 0.250. The Balaban J connectivity index is 1.60. The summed E-state index contributed by atoms with van der Waals surface area (Å²) in [4.78, 5) is 19.7. The summed E-state index contributed by atoms with van der Waals surface area (Å²) >= 11 is 1.47. The molecule has 2 heterocycles. The van der Waals surface area contributed by atoms with Crippen molar-refractivity contribution in [2.24, 2.45) is 0 Å². The molecular formula is C24H24N2O4S. The number of aromatic nitrogens is 1. The summed E-state index contributed by atoms with van der Waals surface area (Å²) < 4.78 is 17.6. The van der Waals surface area contributed by atoms with Gasteiger partial charge in [0.05, 0.1) is 42.7 Å². The monoisotopic (exact) mass is 436 g/mol. The number of carbonyl (C=O) groups is 1. The molecule has 0 bridgehead atoms. The number of anilines is 1. The lowest BCUT2D eigenvalue weighted by atomic mass is 10.1. The molecule has 0 radical (unpaired) electrons. The molecule has 0 aliphatic heterocycles. The van der Waals surface area contributed by atoms with Gasteiger partial charge in [-0.05, 0) is 61.9 Å². The predicted molar refractivity (Wildman–Crippen MR) is 122 cm³/mol. The molecule has 1 amide bonds. The number of furan rings is 1. The zero-order valence-corrected chi connectivity index (χ0v) is 18.4. The summed E-state index contributed by atoms with van der Waals surface area (Å²) in [5.74, 6) is 2.24. The molecule has 0 spiro atoms. The maximum atomic E-state index is 13.3. The van der Waals surface area contributed by atoms with Crippen LogP contribution in [0.25, 0.3) is 10.2 Å². The molecule has 31 heavy (non-hydrogen) atoms. The van der Waals surface area contributed by atoms with Crippen LogP contribution < -0.4 is 14.4 Å². The summed E-state index contributed by atoms with van der Waals surface area (Å²) in [6, 6.07) is 17.1. The number of ether oxygens (including phenoxy) is 2. The van der Waals surface area contributed by atoms with Gasteiger partial charge in [-0.3, -0.25) is 9.69 Å². The highest BCUT2D eigenvalue weighted by atomic mass is 32.1. The zero-order chi connectivity index (χ0) is 21.6. The van der Waals surface area contributed by atoms with Crippen molar-refractivity contribution in [2.45, 2.75) is 26.8 Å². The van der Waals surface area contributed by atoms with Gasteiger partial charge in [0.2, 0.25) is 5.91 Å². The third-order valence-electron chi connectivity index (χ3n) is 4.68. The molecule has 4 aromatic rings. The van der Waals surface area contributed by atoms with Crippen LogP contribution in [0.4, 0.5) is 5.13 Å². The Kier molecular flexibility index (Phi) is 6.52. The molecule has 2 aromatic carbocycles. The van der Waals surface area contributed by atoms with Crippen molar-refractivity contribution < 1.29 is 18.7 Å². The number of thiazole rings is 1. The molecule has 0 N–H and O–H groups in total. The van der Waals surface area contributed by atoms with Crippen LogP contribution in [0.3, 0.4) is 0 Å². The molecule has 0 saturated heterocycles. The van der Waals surface area contributed by atoms with Crippen molar-refractivity contribution in [3.63, 3.8) is 0 Å². The van der Waals surface area contributed by atoms with Crippen molar-refractivity contribution >= 4 is 32.6 Å². The number of hydrogen-bond acceptors (Lipinski definition) is 6. The van der Waals surface area contributed by atoms with E-state index in [9.17, 15) is 4.79 Å². The first kappa shape index (κ1) is 20.9. The number of carbonyl (C=O) groups excluding carboxylic acids is 1. The van der Waals surface area contributed by atoms with Crippen LogP contribution in [-0.4, -0.2) is 24.1 Å². The van der Waals surface area contributed by atoms with Gasteiger partial charge in [-0.15, -0.1) is 0 Å². The molecule has 0 fully saturated rings. The second kappa shape index (κ2) is 9.66. The summed E-state index contributed by atoms with van der Waals surface area (Å²) in [6.07, 6.45) is 1.87. The van der Waals surface area contributed by atoms with E-state index < -0.39 is 0 Å². The van der Waals surface area contributed by atoms with Crippen LogP contribution in [-0.2, 0) is 17.8 Å². The fourth-order valence-electron chi connectivity index (χ4n) is 3.23. The molecule has 0 aliphatic carbocycles. The van der Waals surface area contributed by atoms with E-state index in [1.165, 1.54) is 11.3 Å². The SMILES string of the molecule is CCOc1ccc(CC(=O)N(Cc2ccco2)c2nc3ccc(OCC)cc3s2)cc1. The highest BCUT2D eigenvalue weighted by Crippen LogP contribution is 2.33. The van der Waals surface area contributed by atoms with Crippen LogP contribution in [0.1, 0.15) is 25.2 Å². The van der Waals surface area contributed by atoms with Gasteiger partial charge in [-0.2, -0.15) is 0 Å². The van der Waals surface area contributed by atoms with Gasteiger partial charge in [0, 0.05) is 0 Å². The molecular weight excluding hydrogens is 412 g/mol. The maximum Gasteiger partial charge on any atom is 0.233 e. The Hall–Kier alpha value is -3.32. The second-order valence-corrected chi connectivity index (χ2v) is 7.88. The van der Waals surface area contributed by atoms with E-state index in [2.05, 4.69) is 0 Å². The van der Waals surface area contributed by atoms with E-state index in [1.807, 2.05) is 68.4 Å². The normalized spacial score (nSPS) is 10.9. The minimum Gasteiger partial charge on any atom is -0.494 e. The fourth-order valence-corrected chi connectivity index (χ4v) is 4.24. The van der Waals surface area contributed by atoms with Gasteiger partial charge in [0.1, 0.15) is 17.3 Å². The Morgan fingerprint density at radius 1 is 1.03 bits per heavy atom. The van der Waals surface area contributed by atoms with E-state index in [-0.39, 0.29) is 12.3 Å². The number of fused-ring (bicyclic) bond motifs is 1. The predicted octanol–water partition coefficient (Wildman–Crippen LogP) is 5.46. The average Bonchev–Trinajstić information content (AvgIpc) is 3.43. The summed E-state index contributed by atoms with van der Waals surface area (Å²) in [5, 5.41) is 0.635. The largest absolute Gasteiger partial charge is 0.494 e. The van der Waals surface area contributed by atoms with Crippen molar-refractivity contribution in [1.29, 1.82) is 0 Å². The number of rotatable bonds is 9. The highest BCUT2D eigenvalue weighted by Gasteiger charge is 2.22. The third-order valence-corrected chi connectivity index (χ3v) is 5.72. The smallest absolute Gasteiger partial charge is 0.233 e. The van der Waals surface area contributed by atoms with Gasteiger partial charge in [-0.1, -0.05) is 23.5 Å². The summed E-state index contributed by atoms with van der Waals surface area (Å²) in [5.41, 5.74) is 1.75. The molecule has 0 aliphatic rings. The number of hydrogen-bond donors (Lipinski definition) is 0. The van der Waals surface area contributed by atoms with Gasteiger partial charge in [0.15, 0.2) is 5.13 Å². The van der Waals surface area contributed by atoms with Gasteiger partial charge in [-0.25, -0.2) is 4.98 Å². The topological polar surface area (TPSA) is 64.8 Å². The third kappa shape index (κ3) is 5.06. The first-order valence-corrected chi connectivity index (χ1v) is 11.1. The first-order valence-electron chi connectivity index (χ1n) is 10.2. The molecule has 2 aromatic heterocycles. The minimum absolute atomic E-state index is 0.0513. The van der Waals surface area contributed by atoms with E-state index in [1.54, 1.807) is 11.2 Å². The van der Waals surface area contributed by atoms with Gasteiger partial charge in [0.25, 0.3) is 0 Å². The lowest BCUT2D eigenvalue weighted by Crippen LogP contribution is -2.31. The summed E-state index contributed by atoms with van der Waals surface area (Å²) in [6.45, 7) is 5.42. The second-order valence-electron chi connectivity index (χ2n) is 6.87. The molecule has 0 atom stereocenters. The van der Waals surface area contributed by atoms with Gasteiger partial charge < -0.3 is 13.9 Å². The molecule has 0 unspecified atom stereocenters. The van der Waals surface area contributed by atoms with E-state index >= 15 is 0 Å². The molecule has 0 saturated carbocycles. The average molecular weight is 437 g/mol. The quantitative estimate of drug-likeness (QED) is 0.348. The highest BCUT2D eigenvalue weighted by molar-refractivity contribution is 7.22. The molecule has 160 valence electrons. The van der Waals surface area contributed by atoms with Crippen LogP contribution in [0.15, 0.2) is 65.3 Å². The van der Waals surface area contributed by atoms with Crippen molar-refractivity contribution in [1.82, 2.24) is 4.98 Å². The van der Waals surface area contributed by atoms with Crippen LogP contribution in [0.5, 0.6) is 11.5 Å². The number of benzene rings is 2. The van der Waals surface area contributed by atoms with Crippen LogP contribution in [0.2, 0.25) is 0 Å². The lowest BCUT2D eigenvalue weighted by molar-refractivity contribution is -0.118. The Morgan fingerprint density at radius 3 is 2.48 bits per heavy atom.